The molecule has 0 spiro atoms. The van der Waals surface area contributed by atoms with Crippen LogP contribution in [-0.2, 0) is 12.2 Å². The van der Waals surface area contributed by atoms with Crippen LogP contribution in [0.15, 0.2) is 84.0 Å². The van der Waals surface area contributed by atoms with Crippen LogP contribution in [0.4, 0.5) is 0 Å². The Hall–Kier alpha value is -3.05. The van der Waals surface area contributed by atoms with Gasteiger partial charge in [-0.2, -0.15) is 0 Å². The zero-order valence-corrected chi connectivity index (χ0v) is 17.4. The van der Waals surface area contributed by atoms with Crippen LogP contribution in [0.3, 0.4) is 0 Å². The van der Waals surface area contributed by atoms with Gasteiger partial charge in [0.15, 0.2) is 5.16 Å². The number of rotatable bonds is 7. The van der Waals surface area contributed by atoms with Gasteiger partial charge in [-0.15, -0.1) is 10.2 Å². The van der Waals surface area contributed by atoms with E-state index in [0.29, 0.717) is 6.42 Å². The van der Waals surface area contributed by atoms with Crippen molar-refractivity contribution in [1.29, 1.82) is 0 Å². The van der Waals surface area contributed by atoms with Crippen molar-refractivity contribution in [3.63, 3.8) is 0 Å². The van der Waals surface area contributed by atoms with E-state index in [9.17, 15) is 0 Å². The molecule has 0 aliphatic heterocycles. The molecule has 0 bridgehead atoms. The molecule has 0 fully saturated rings. The molecule has 3 aromatic carbocycles. The van der Waals surface area contributed by atoms with Crippen molar-refractivity contribution < 1.29 is 4.74 Å². The van der Waals surface area contributed by atoms with Gasteiger partial charge in [-0.3, -0.25) is 4.57 Å². The molecule has 4 rings (SSSR count). The van der Waals surface area contributed by atoms with Gasteiger partial charge in [0.1, 0.15) is 11.6 Å². The molecule has 0 amide bonds. The highest BCUT2D eigenvalue weighted by atomic mass is 32.2. The van der Waals surface area contributed by atoms with Crippen LogP contribution < -0.4 is 4.74 Å². The van der Waals surface area contributed by atoms with Crippen LogP contribution >= 0.6 is 11.8 Å². The van der Waals surface area contributed by atoms with Crippen molar-refractivity contribution in [3.8, 4) is 11.4 Å². The molecule has 1 aromatic heterocycles. The molecule has 29 heavy (non-hydrogen) atoms. The van der Waals surface area contributed by atoms with E-state index in [0.717, 1.165) is 28.2 Å². The van der Waals surface area contributed by atoms with Crippen molar-refractivity contribution in [3.05, 3.63) is 101 Å². The Bertz CT molecular complexity index is 1090. The third-order valence-corrected chi connectivity index (χ3v) is 5.68. The number of aryl methyl sites for hydroxylation is 1. The molecule has 0 saturated carbocycles. The van der Waals surface area contributed by atoms with E-state index >= 15 is 0 Å². The monoisotopic (exact) mass is 401 g/mol. The lowest BCUT2D eigenvalue weighted by Gasteiger charge is -2.14. The summed E-state index contributed by atoms with van der Waals surface area (Å²) in [6.07, 6.45) is 0.705. The third kappa shape index (κ3) is 4.51. The minimum absolute atomic E-state index is 0.705. The molecular weight excluding hydrogens is 378 g/mol. The first-order valence-electron chi connectivity index (χ1n) is 9.54. The largest absolute Gasteiger partial charge is 0.495 e. The fraction of sp³-hybridized carbons (Fsp3) is 0.167. The van der Waals surface area contributed by atoms with Crippen LogP contribution in [-0.4, -0.2) is 21.9 Å². The topological polar surface area (TPSA) is 39.9 Å². The third-order valence-electron chi connectivity index (χ3n) is 4.68. The van der Waals surface area contributed by atoms with Gasteiger partial charge in [0.25, 0.3) is 0 Å². The van der Waals surface area contributed by atoms with E-state index in [1.807, 2.05) is 42.5 Å². The minimum atomic E-state index is 0.705. The molecule has 1 heterocycles. The second kappa shape index (κ2) is 8.97. The van der Waals surface area contributed by atoms with Gasteiger partial charge < -0.3 is 4.74 Å². The van der Waals surface area contributed by atoms with E-state index in [1.54, 1.807) is 18.9 Å². The molecule has 4 aromatic rings. The molecule has 0 unspecified atom stereocenters. The molecule has 0 saturated heterocycles. The van der Waals surface area contributed by atoms with E-state index < -0.39 is 0 Å². The van der Waals surface area contributed by atoms with Gasteiger partial charge in [-0.1, -0.05) is 84.1 Å². The first-order valence-corrected chi connectivity index (χ1v) is 10.5. The van der Waals surface area contributed by atoms with Gasteiger partial charge >= 0.3 is 0 Å². The van der Waals surface area contributed by atoms with E-state index in [2.05, 4.69) is 58.1 Å². The van der Waals surface area contributed by atoms with E-state index in [-0.39, 0.29) is 0 Å². The maximum absolute atomic E-state index is 5.62. The number of thioether (sulfide) groups is 1. The summed E-state index contributed by atoms with van der Waals surface area (Å²) < 4.78 is 7.74. The van der Waals surface area contributed by atoms with Gasteiger partial charge in [0, 0.05) is 12.2 Å². The number of nitrogens with zero attached hydrogens (tertiary/aromatic N) is 3. The Morgan fingerprint density at radius 3 is 2.41 bits per heavy atom. The van der Waals surface area contributed by atoms with Crippen molar-refractivity contribution in [1.82, 2.24) is 14.8 Å². The number of hydrogen-bond acceptors (Lipinski definition) is 4. The summed E-state index contributed by atoms with van der Waals surface area (Å²) >= 11 is 1.69. The predicted octanol–water partition coefficient (Wildman–Crippen LogP) is 5.47. The quantitative estimate of drug-likeness (QED) is 0.385. The van der Waals surface area contributed by atoms with Crippen LogP contribution in [0.25, 0.3) is 5.69 Å². The van der Waals surface area contributed by atoms with Crippen LogP contribution in [0.5, 0.6) is 5.75 Å². The van der Waals surface area contributed by atoms with Crippen molar-refractivity contribution in [2.45, 2.75) is 24.3 Å². The van der Waals surface area contributed by atoms with Crippen LogP contribution in [0, 0.1) is 6.92 Å². The van der Waals surface area contributed by atoms with Crippen molar-refractivity contribution in [2.75, 3.05) is 7.11 Å². The molecule has 0 N–H and O–H groups in total. The van der Waals surface area contributed by atoms with Gasteiger partial charge in [0.2, 0.25) is 0 Å². The fourth-order valence-electron chi connectivity index (χ4n) is 3.29. The standard InChI is InChI=1S/C24H23N3OS/c1-18-9-8-12-20(15-18)17-29-24-26-25-23(16-19-10-4-3-5-11-19)27(24)21-13-6-7-14-22(21)28-2/h3-15H,16-17H2,1-2H3. The van der Waals surface area contributed by atoms with Crippen molar-refractivity contribution in [2.24, 2.45) is 0 Å². The first kappa shape index (κ1) is 19.3. The van der Waals surface area contributed by atoms with E-state index in [1.165, 1.54) is 16.7 Å². The summed E-state index contributed by atoms with van der Waals surface area (Å²) in [6.45, 7) is 2.11. The molecule has 5 heteroatoms. The Morgan fingerprint density at radius 2 is 1.62 bits per heavy atom. The second-order valence-electron chi connectivity index (χ2n) is 6.85. The summed E-state index contributed by atoms with van der Waals surface area (Å²) in [5.74, 6) is 2.53. The Labute approximate surface area is 175 Å². The maximum atomic E-state index is 5.62. The summed E-state index contributed by atoms with van der Waals surface area (Å²) in [5.41, 5.74) is 4.69. The summed E-state index contributed by atoms with van der Waals surface area (Å²) in [4.78, 5) is 0. The number of benzene rings is 3. The molecule has 146 valence electrons. The molecule has 0 radical (unpaired) electrons. The zero-order valence-electron chi connectivity index (χ0n) is 16.6. The second-order valence-corrected chi connectivity index (χ2v) is 7.79. The Morgan fingerprint density at radius 1 is 0.862 bits per heavy atom. The fourth-order valence-corrected chi connectivity index (χ4v) is 4.20. The number of ether oxygens (including phenoxy) is 1. The Balaban J connectivity index is 1.71. The smallest absolute Gasteiger partial charge is 0.196 e. The number of methoxy groups -OCH3 is 1. The van der Waals surface area contributed by atoms with Gasteiger partial charge in [-0.25, -0.2) is 0 Å². The maximum Gasteiger partial charge on any atom is 0.196 e. The summed E-state index contributed by atoms with van der Waals surface area (Å²) in [5, 5.41) is 9.91. The molecule has 0 aliphatic carbocycles. The normalized spacial score (nSPS) is 10.8. The Kier molecular flexibility index (Phi) is 5.96. The lowest BCUT2D eigenvalue weighted by Crippen LogP contribution is -2.05. The van der Waals surface area contributed by atoms with Gasteiger partial charge in [-0.05, 0) is 30.2 Å². The van der Waals surface area contributed by atoms with Crippen molar-refractivity contribution >= 4 is 11.8 Å². The van der Waals surface area contributed by atoms with E-state index in [4.69, 9.17) is 4.74 Å². The number of para-hydroxylation sites is 2. The zero-order chi connectivity index (χ0) is 20.1. The van der Waals surface area contributed by atoms with Gasteiger partial charge in [0.05, 0.1) is 12.8 Å². The SMILES string of the molecule is COc1ccccc1-n1c(Cc2ccccc2)nnc1SCc1cccc(C)c1. The lowest BCUT2D eigenvalue weighted by atomic mass is 10.1. The molecule has 0 aliphatic rings. The average Bonchev–Trinajstić information content (AvgIpc) is 3.15. The summed E-state index contributed by atoms with van der Waals surface area (Å²) in [6, 6.07) is 26.9. The highest BCUT2D eigenvalue weighted by Crippen LogP contribution is 2.31. The molecule has 4 nitrogen and oxygen atoms in total. The highest BCUT2D eigenvalue weighted by molar-refractivity contribution is 7.98. The first-order chi connectivity index (χ1) is 14.2. The van der Waals surface area contributed by atoms with Crippen LogP contribution in [0.2, 0.25) is 0 Å². The highest BCUT2D eigenvalue weighted by Gasteiger charge is 2.18. The number of hydrogen-bond donors (Lipinski definition) is 0. The van der Waals surface area contributed by atoms with Crippen LogP contribution in [0.1, 0.15) is 22.5 Å². The lowest BCUT2D eigenvalue weighted by molar-refractivity contribution is 0.411. The average molecular weight is 402 g/mol. The molecular formula is C24H23N3OS. The number of aromatic nitrogens is 3. The molecule has 0 atom stereocenters. The summed E-state index contributed by atoms with van der Waals surface area (Å²) in [7, 11) is 1.69. The predicted molar refractivity (Wildman–Crippen MR) is 118 cm³/mol. The minimum Gasteiger partial charge on any atom is -0.495 e.